The van der Waals surface area contributed by atoms with E-state index in [1.807, 2.05) is 6.92 Å². The molecule has 0 radical (unpaired) electrons. The molecule has 416 valence electrons. The van der Waals surface area contributed by atoms with E-state index in [0.29, 0.717) is 158 Å². The molecule has 1 fully saturated rings. The first-order valence-electron chi connectivity index (χ1n) is 25.1. The largest absolute Gasteiger partial charge is 0.379 e. The molecule has 24 heteroatoms. The maximum absolute atomic E-state index is 13.2. The molecule has 23 nitrogen and oxygen atoms in total. The number of ether oxygens (including phenoxy) is 12. The van der Waals surface area contributed by atoms with Gasteiger partial charge in [0.05, 0.1) is 180 Å². The Morgan fingerprint density at radius 2 is 0.959 bits per heavy atom. The smallest absolute Gasteiger partial charge is 0.297 e. The molecule has 0 spiro atoms. The molecule has 0 saturated carbocycles. The Kier molecular flexibility index (Phi) is 32.1. The van der Waals surface area contributed by atoms with Crippen LogP contribution >= 0.6 is 0 Å². The fourth-order valence-corrected chi connectivity index (χ4v) is 7.89. The van der Waals surface area contributed by atoms with Crippen LogP contribution < -0.4 is 10.6 Å². The Morgan fingerprint density at radius 1 is 0.541 bits per heavy atom. The molecule has 2 aliphatic rings. The van der Waals surface area contributed by atoms with Gasteiger partial charge in [-0.25, -0.2) is 0 Å². The van der Waals surface area contributed by atoms with Gasteiger partial charge < -0.3 is 62.2 Å². The van der Waals surface area contributed by atoms with Crippen molar-refractivity contribution in [3.63, 3.8) is 0 Å². The molecule has 2 heterocycles. The minimum Gasteiger partial charge on any atom is -0.379 e. The fraction of sp³-hybridized carbons (Fsp3) is 0.660. The molecule has 4 rings (SSSR count). The summed E-state index contributed by atoms with van der Waals surface area (Å²) >= 11 is 0. The van der Waals surface area contributed by atoms with Gasteiger partial charge in [0.1, 0.15) is 6.04 Å². The molecule has 0 bridgehead atoms. The first kappa shape index (κ1) is 62.2. The molecule has 0 aromatic heterocycles. The second kappa shape index (κ2) is 38.2. The van der Waals surface area contributed by atoms with Crippen LogP contribution in [0.15, 0.2) is 47.4 Å². The number of anilines is 1. The standard InChI is InChI=1S/C50H75N3O20S/c1-40-9-11-41(12-10-40)74(59,60)73-39-38-72-37-36-71-35-34-70-33-32-69-31-30-68-29-28-67-27-26-66-25-24-65-23-22-64-21-20-63-19-18-62-17-16-61-15-4-2-3-8-45(54)51-43-7-5-6-42-47(43)50(58)53(49(42)57)44-13-14-46(55)52-48(44)56/h5-7,9-12,44H,2-4,8,13-39H2,1H3,(H,51,54)(H,52,55,56). The number of hydrogen-bond acceptors (Lipinski definition) is 20. The summed E-state index contributed by atoms with van der Waals surface area (Å²) in [6, 6.07) is 9.96. The Labute approximate surface area is 433 Å². The first-order valence-corrected chi connectivity index (χ1v) is 26.5. The van der Waals surface area contributed by atoms with E-state index in [0.717, 1.165) is 23.3 Å². The number of rotatable bonds is 46. The van der Waals surface area contributed by atoms with Gasteiger partial charge in [0.25, 0.3) is 21.9 Å². The number of carbonyl (C=O) groups is 5. The van der Waals surface area contributed by atoms with Crippen LogP contribution in [-0.2, 0) is 85.5 Å². The number of benzene rings is 2. The lowest BCUT2D eigenvalue weighted by molar-refractivity contribution is -0.136. The highest BCUT2D eigenvalue weighted by Gasteiger charge is 2.45. The van der Waals surface area contributed by atoms with Gasteiger partial charge >= 0.3 is 0 Å². The van der Waals surface area contributed by atoms with Crippen LogP contribution in [0, 0.1) is 6.92 Å². The molecule has 2 aliphatic heterocycles. The number of unbranched alkanes of at least 4 members (excludes halogenated alkanes) is 2. The number of aryl methyl sites for hydroxylation is 1. The van der Waals surface area contributed by atoms with E-state index < -0.39 is 39.8 Å². The highest BCUT2D eigenvalue weighted by atomic mass is 32.2. The van der Waals surface area contributed by atoms with Crippen molar-refractivity contribution in [3.8, 4) is 0 Å². The molecule has 1 saturated heterocycles. The van der Waals surface area contributed by atoms with Gasteiger partial charge in [0.2, 0.25) is 17.7 Å². The second-order valence-electron chi connectivity index (χ2n) is 16.5. The molecule has 1 atom stereocenters. The summed E-state index contributed by atoms with van der Waals surface area (Å²) in [5.74, 6) is -2.75. The monoisotopic (exact) mass is 1070 g/mol. The predicted molar refractivity (Wildman–Crippen MR) is 264 cm³/mol. The third-order valence-electron chi connectivity index (χ3n) is 10.8. The number of hydrogen-bond donors (Lipinski definition) is 2. The van der Waals surface area contributed by atoms with Crippen molar-refractivity contribution < 1.29 is 93.4 Å². The molecule has 2 aromatic carbocycles. The minimum absolute atomic E-state index is 0.0218. The lowest BCUT2D eigenvalue weighted by Crippen LogP contribution is -2.54. The van der Waals surface area contributed by atoms with E-state index in [9.17, 15) is 32.4 Å². The first-order chi connectivity index (χ1) is 36.1. The van der Waals surface area contributed by atoms with E-state index in [1.54, 1.807) is 24.3 Å². The third kappa shape index (κ3) is 25.4. The van der Waals surface area contributed by atoms with E-state index >= 15 is 0 Å². The summed E-state index contributed by atoms with van der Waals surface area (Å²) in [6.07, 6.45) is 2.40. The molecular weight excluding hydrogens is 995 g/mol. The molecular formula is C50H75N3O20S. The van der Waals surface area contributed by atoms with Crippen molar-refractivity contribution in [1.82, 2.24) is 10.2 Å². The van der Waals surface area contributed by atoms with Crippen molar-refractivity contribution in [2.45, 2.75) is 56.4 Å². The summed E-state index contributed by atoms with van der Waals surface area (Å²) in [6.45, 7) is 12.0. The van der Waals surface area contributed by atoms with Crippen molar-refractivity contribution in [2.75, 3.05) is 170 Å². The number of piperidine rings is 1. The zero-order chi connectivity index (χ0) is 52.9. The Morgan fingerprint density at radius 3 is 1.39 bits per heavy atom. The van der Waals surface area contributed by atoms with Gasteiger partial charge in [-0.05, 0) is 50.5 Å². The number of nitrogens with one attached hydrogen (secondary N) is 2. The van der Waals surface area contributed by atoms with Gasteiger partial charge in [0.15, 0.2) is 0 Å². The normalized spacial score (nSPS) is 14.8. The van der Waals surface area contributed by atoms with E-state index in [1.165, 1.54) is 18.2 Å². The van der Waals surface area contributed by atoms with Gasteiger partial charge in [-0.2, -0.15) is 8.42 Å². The summed E-state index contributed by atoms with van der Waals surface area (Å²) in [4.78, 5) is 63.8. The van der Waals surface area contributed by atoms with Crippen molar-refractivity contribution >= 4 is 45.3 Å². The lowest BCUT2D eigenvalue weighted by Gasteiger charge is -2.27. The molecule has 0 aliphatic carbocycles. The Hall–Kier alpha value is -4.38. The number of nitrogens with zero attached hydrogens (tertiary/aromatic N) is 1. The summed E-state index contributed by atoms with van der Waals surface area (Å²) in [5, 5.41) is 4.90. The lowest BCUT2D eigenvalue weighted by atomic mass is 10.0. The number of amides is 5. The van der Waals surface area contributed by atoms with Crippen LogP contribution in [0.4, 0.5) is 5.69 Å². The van der Waals surface area contributed by atoms with Crippen LogP contribution in [0.5, 0.6) is 0 Å². The van der Waals surface area contributed by atoms with Gasteiger partial charge in [-0.1, -0.05) is 30.2 Å². The van der Waals surface area contributed by atoms with Gasteiger partial charge in [-0.15, -0.1) is 0 Å². The highest BCUT2D eigenvalue weighted by Crippen LogP contribution is 2.32. The van der Waals surface area contributed by atoms with Crippen molar-refractivity contribution in [2.24, 2.45) is 0 Å². The summed E-state index contributed by atoms with van der Waals surface area (Å²) < 4.78 is 95.1. The van der Waals surface area contributed by atoms with E-state index in [2.05, 4.69) is 10.6 Å². The van der Waals surface area contributed by atoms with Crippen molar-refractivity contribution in [3.05, 3.63) is 59.2 Å². The topological polar surface area (TPSA) is 267 Å². The van der Waals surface area contributed by atoms with Gasteiger partial charge in [0, 0.05) is 19.4 Å². The SMILES string of the molecule is Cc1ccc(S(=O)(=O)OCCOCCOCCOCCOCCOCCOCCOCCOCCOCCOCCOCCOCCCCCC(=O)Nc2cccc3c2C(=O)N(C2CCC(=O)NC2=O)C3=O)cc1. The zero-order valence-electron chi connectivity index (χ0n) is 42.6. The quantitative estimate of drug-likeness (QED) is 0.0548. The van der Waals surface area contributed by atoms with Crippen molar-refractivity contribution in [1.29, 1.82) is 0 Å². The number of fused-ring (bicyclic) bond motifs is 1. The van der Waals surface area contributed by atoms with E-state index in [-0.39, 0.29) is 60.1 Å². The predicted octanol–water partition coefficient (Wildman–Crippen LogP) is 2.50. The number of imide groups is 2. The van der Waals surface area contributed by atoms with Crippen LogP contribution in [-0.4, -0.2) is 214 Å². The molecule has 5 amide bonds. The molecule has 2 N–H and O–H groups in total. The minimum atomic E-state index is -3.79. The number of carbonyl (C=O) groups excluding carboxylic acids is 5. The highest BCUT2D eigenvalue weighted by molar-refractivity contribution is 7.86. The summed E-state index contributed by atoms with van der Waals surface area (Å²) in [7, 11) is -3.79. The zero-order valence-corrected chi connectivity index (χ0v) is 43.4. The molecule has 2 aromatic rings. The Balaban J connectivity index is 0.780. The molecule has 74 heavy (non-hydrogen) atoms. The van der Waals surface area contributed by atoms with Crippen LogP contribution in [0.3, 0.4) is 0 Å². The average Bonchev–Trinajstić information content (AvgIpc) is 3.64. The maximum atomic E-state index is 13.2. The fourth-order valence-electron chi connectivity index (χ4n) is 7.00. The summed E-state index contributed by atoms with van der Waals surface area (Å²) in [5.41, 5.74) is 1.33. The van der Waals surface area contributed by atoms with Crippen LogP contribution in [0.2, 0.25) is 0 Å². The maximum Gasteiger partial charge on any atom is 0.297 e. The second-order valence-corrected chi connectivity index (χ2v) is 18.1. The van der Waals surface area contributed by atoms with E-state index in [4.69, 9.17) is 61.0 Å². The third-order valence-corrected chi connectivity index (χ3v) is 12.1. The average molecular weight is 1070 g/mol. The van der Waals surface area contributed by atoms with Gasteiger partial charge in [-0.3, -0.25) is 38.4 Å². The van der Waals surface area contributed by atoms with Crippen LogP contribution in [0.25, 0.3) is 0 Å². The molecule has 1 unspecified atom stereocenters. The van der Waals surface area contributed by atoms with Crippen LogP contribution in [0.1, 0.15) is 64.8 Å². The Bertz CT molecular complexity index is 2050.